The molecule has 0 aromatic carbocycles. The van der Waals surface area contributed by atoms with Crippen molar-refractivity contribution in [2.75, 3.05) is 0 Å². The van der Waals surface area contributed by atoms with Crippen LogP contribution in [0.2, 0.25) is 0 Å². The summed E-state index contributed by atoms with van der Waals surface area (Å²) in [6.45, 7) is 7.15. The highest BCUT2D eigenvalue weighted by Crippen LogP contribution is 2.47. The molecule has 0 amide bonds. The molecule has 2 aliphatic carbocycles. The first-order valence-electron chi connectivity index (χ1n) is 6.65. The van der Waals surface area contributed by atoms with Crippen LogP contribution in [0.25, 0.3) is 0 Å². The van der Waals surface area contributed by atoms with Crippen molar-refractivity contribution in [3.8, 4) is 0 Å². The van der Waals surface area contributed by atoms with Crippen molar-refractivity contribution in [3.63, 3.8) is 0 Å². The molecule has 0 spiro atoms. The number of hydrogen-bond donors (Lipinski definition) is 1. The molecule has 0 heterocycles. The second-order valence-electron chi connectivity index (χ2n) is 6.86. The van der Waals surface area contributed by atoms with Crippen LogP contribution in [0.5, 0.6) is 0 Å². The zero-order valence-corrected chi connectivity index (χ0v) is 10.5. The Morgan fingerprint density at radius 1 is 0.867 bits per heavy atom. The Balaban J connectivity index is 1.95. The van der Waals surface area contributed by atoms with Crippen LogP contribution in [0, 0.1) is 23.2 Å². The highest BCUT2D eigenvalue weighted by Gasteiger charge is 2.38. The number of hydrogen-bond acceptors (Lipinski definition) is 1. The molecule has 0 aliphatic heterocycles. The number of fused-ring (bicyclic) bond motifs is 1. The largest absolute Gasteiger partial charge is 0.393 e. The van der Waals surface area contributed by atoms with Crippen molar-refractivity contribution in [2.45, 2.75) is 65.4 Å². The molecule has 2 rings (SSSR count). The highest BCUT2D eigenvalue weighted by atomic mass is 16.3. The summed E-state index contributed by atoms with van der Waals surface area (Å²) in [4.78, 5) is 0. The van der Waals surface area contributed by atoms with Gasteiger partial charge in [0.15, 0.2) is 0 Å². The fourth-order valence-corrected chi connectivity index (χ4v) is 3.65. The van der Waals surface area contributed by atoms with E-state index in [0.717, 1.165) is 30.6 Å². The molecule has 0 unspecified atom stereocenters. The van der Waals surface area contributed by atoms with E-state index in [4.69, 9.17) is 0 Å². The Kier molecular flexibility index (Phi) is 3.12. The fraction of sp³-hybridized carbons (Fsp3) is 1.00. The maximum absolute atomic E-state index is 9.67. The second kappa shape index (κ2) is 4.08. The first kappa shape index (κ1) is 11.4. The first-order chi connectivity index (χ1) is 6.97. The van der Waals surface area contributed by atoms with E-state index in [1.807, 2.05) is 0 Å². The molecule has 2 aliphatic rings. The normalized spacial score (nSPS) is 42.4. The molecule has 2 saturated carbocycles. The standard InChI is InChI=1S/C14H26O/c1-14(2,3)12-6-4-11-9-13(15)7-5-10(11)8-12/h10-13,15H,4-9H2,1-3H3/t10-,11+,12-,13-/m1/s1. The van der Waals surface area contributed by atoms with Crippen molar-refractivity contribution in [2.24, 2.45) is 23.2 Å². The lowest BCUT2D eigenvalue weighted by molar-refractivity contribution is 0.0147. The van der Waals surface area contributed by atoms with Gasteiger partial charge in [0.05, 0.1) is 6.10 Å². The number of rotatable bonds is 0. The third-order valence-electron chi connectivity index (χ3n) is 4.81. The molecule has 1 N–H and O–H groups in total. The smallest absolute Gasteiger partial charge is 0.0543 e. The van der Waals surface area contributed by atoms with Gasteiger partial charge in [-0.3, -0.25) is 0 Å². The molecule has 0 aromatic heterocycles. The van der Waals surface area contributed by atoms with E-state index >= 15 is 0 Å². The number of aliphatic hydroxyl groups excluding tert-OH is 1. The Hall–Kier alpha value is -0.0400. The monoisotopic (exact) mass is 210 g/mol. The van der Waals surface area contributed by atoms with Crippen molar-refractivity contribution in [1.82, 2.24) is 0 Å². The predicted molar refractivity (Wildman–Crippen MR) is 63.6 cm³/mol. The van der Waals surface area contributed by atoms with Crippen molar-refractivity contribution < 1.29 is 5.11 Å². The van der Waals surface area contributed by atoms with Gasteiger partial charge in [0.25, 0.3) is 0 Å². The second-order valence-corrected chi connectivity index (χ2v) is 6.86. The lowest BCUT2D eigenvalue weighted by atomic mass is 9.61. The lowest BCUT2D eigenvalue weighted by Gasteiger charge is -2.45. The fourth-order valence-electron chi connectivity index (χ4n) is 3.65. The third-order valence-corrected chi connectivity index (χ3v) is 4.81. The van der Waals surface area contributed by atoms with E-state index in [2.05, 4.69) is 20.8 Å². The molecule has 4 atom stereocenters. The highest BCUT2D eigenvalue weighted by molar-refractivity contribution is 4.89. The molecule has 2 fully saturated rings. The molecule has 0 bridgehead atoms. The SMILES string of the molecule is CC(C)(C)[C@@H]1CC[C@H]2C[C@H](O)CC[C@@H]2C1. The van der Waals surface area contributed by atoms with Gasteiger partial charge in [-0.1, -0.05) is 20.8 Å². The van der Waals surface area contributed by atoms with Gasteiger partial charge in [-0.05, 0) is 61.7 Å². The molecular formula is C14H26O. The van der Waals surface area contributed by atoms with E-state index < -0.39 is 0 Å². The van der Waals surface area contributed by atoms with Crippen LogP contribution in [-0.2, 0) is 0 Å². The Morgan fingerprint density at radius 2 is 1.47 bits per heavy atom. The van der Waals surface area contributed by atoms with Crippen LogP contribution in [-0.4, -0.2) is 11.2 Å². The molecule has 0 radical (unpaired) electrons. The van der Waals surface area contributed by atoms with Crippen LogP contribution in [0.3, 0.4) is 0 Å². The molecule has 0 saturated heterocycles. The maximum atomic E-state index is 9.67. The first-order valence-corrected chi connectivity index (χ1v) is 6.65. The van der Waals surface area contributed by atoms with Crippen molar-refractivity contribution in [3.05, 3.63) is 0 Å². The average Bonchev–Trinajstić information content (AvgIpc) is 2.15. The summed E-state index contributed by atoms with van der Waals surface area (Å²) in [7, 11) is 0. The summed E-state index contributed by atoms with van der Waals surface area (Å²) >= 11 is 0. The van der Waals surface area contributed by atoms with Gasteiger partial charge in [-0.15, -0.1) is 0 Å². The number of aliphatic hydroxyl groups is 1. The third kappa shape index (κ3) is 2.55. The molecule has 0 aromatic rings. The van der Waals surface area contributed by atoms with Gasteiger partial charge >= 0.3 is 0 Å². The zero-order chi connectivity index (χ0) is 11.1. The summed E-state index contributed by atoms with van der Waals surface area (Å²) in [6, 6.07) is 0. The van der Waals surface area contributed by atoms with E-state index in [0.29, 0.717) is 5.41 Å². The Labute approximate surface area is 94.3 Å². The van der Waals surface area contributed by atoms with Crippen LogP contribution in [0.1, 0.15) is 59.3 Å². The molecular weight excluding hydrogens is 184 g/mol. The van der Waals surface area contributed by atoms with Gasteiger partial charge < -0.3 is 5.11 Å². The van der Waals surface area contributed by atoms with Gasteiger partial charge in [0.2, 0.25) is 0 Å². The van der Waals surface area contributed by atoms with Crippen molar-refractivity contribution in [1.29, 1.82) is 0 Å². The Morgan fingerprint density at radius 3 is 2.13 bits per heavy atom. The minimum atomic E-state index is 0.0115. The molecule has 1 nitrogen and oxygen atoms in total. The Bertz CT molecular complexity index is 216. The van der Waals surface area contributed by atoms with Crippen LogP contribution >= 0.6 is 0 Å². The average molecular weight is 210 g/mol. The quantitative estimate of drug-likeness (QED) is 0.647. The topological polar surface area (TPSA) is 20.2 Å². The van der Waals surface area contributed by atoms with E-state index in [9.17, 15) is 5.11 Å². The zero-order valence-electron chi connectivity index (χ0n) is 10.5. The van der Waals surface area contributed by atoms with Crippen LogP contribution in [0.4, 0.5) is 0 Å². The van der Waals surface area contributed by atoms with Crippen molar-refractivity contribution >= 4 is 0 Å². The molecule has 88 valence electrons. The predicted octanol–water partition coefficient (Wildman–Crippen LogP) is 3.61. The van der Waals surface area contributed by atoms with Gasteiger partial charge in [0, 0.05) is 0 Å². The van der Waals surface area contributed by atoms with Crippen LogP contribution < -0.4 is 0 Å². The van der Waals surface area contributed by atoms with Gasteiger partial charge in [0.1, 0.15) is 0 Å². The maximum Gasteiger partial charge on any atom is 0.0543 e. The summed E-state index contributed by atoms with van der Waals surface area (Å²) in [5.74, 6) is 2.67. The summed E-state index contributed by atoms with van der Waals surface area (Å²) < 4.78 is 0. The molecule has 1 heteroatoms. The van der Waals surface area contributed by atoms with Gasteiger partial charge in [-0.2, -0.15) is 0 Å². The van der Waals surface area contributed by atoms with Crippen LogP contribution in [0.15, 0.2) is 0 Å². The van der Waals surface area contributed by atoms with E-state index in [1.54, 1.807) is 0 Å². The summed E-state index contributed by atoms with van der Waals surface area (Å²) in [6.07, 6.45) is 7.59. The van der Waals surface area contributed by atoms with E-state index in [-0.39, 0.29) is 6.10 Å². The van der Waals surface area contributed by atoms with E-state index in [1.165, 1.54) is 25.7 Å². The minimum absolute atomic E-state index is 0.0115. The minimum Gasteiger partial charge on any atom is -0.393 e. The summed E-state index contributed by atoms with van der Waals surface area (Å²) in [5, 5.41) is 9.67. The molecule has 15 heavy (non-hydrogen) atoms. The summed E-state index contributed by atoms with van der Waals surface area (Å²) in [5.41, 5.74) is 0.487. The lowest BCUT2D eigenvalue weighted by Crippen LogP contribution is -2.36. The van der Waals surface area contributed by atoms with Gasteiger partial charge in [-0.25, -0.2) is 0 Å².